The highest BCUT2D eigenvalue weighted by molar-refractivity contribution is 5.14. The van der Waals surface area contributed by atoms with Crippen LogP contribution in [0.5, 0.6) is 0 Å². The molecule has 104 valence electrons. The number of hydrogen-bond acceptors (Lipinski definition) is 2. The summed E-state index contributed by atoms with van der Waals surface area (Å²) in [4.78, 5) is 2.71. The molecule has 2 saturated heterocycles. The zero-order chi connectivity index (χ0) is 13.1. The van der Waals surface area contributed by atoms with E-state index in [0.29, 0.717) is 6.04 Å². The second-order valence-corrected chi connectivity index (χ2v) is 6.29. The van der Waals surface area contributed by atoms with Gasteiger partial charge in [0.25, 0.3) is 0 Å². The molecule has 0 saturated carbocycles. The minimum Gasteiger partial charge on any atom is -0.310 e. The Labute approximate surface area is 117 Å². The van der Waals surface area contributed by atoms with Gasteiger partial charge in [-0.1, -0.05) is 30.3 Å². The molecule has 0 aromatic heterocycles. The highest BCUT2D eigenvalue weighted by atomic mass is 15.2. The van der Waals surface area contributed by atoms with Gasteiger partial charge in [0.1, 0.15) is 0 Å². The molecule has 1 aromatic rings. The van der Waals surface area contributed by atoms with E-state index in [4.69, 9.17) is 0 Å². The van der Waals surface area contributed by atoms with Crippen molar-refractivity contribution in [1.82, 2.24) is 10.2 Å². The Balaban J connectivity index is 1.51. The molecule has 19 heavy (non-hydrogen) atoms. The summed E-state index contributed by atoms with van der Waals surface area (Å²) in [6.45, 7) is 4.94. The van der Waals surface area contributed by atoms with Crippen LogP contribution in [0.2, 0.25) is 0 Å². The average Bonchev–Trinajstić information content (AvgIpc) is 2.77. The number of likely N-dealkylation sites (tertiary alicyclic amines) is 1. The Kier molecular flexibility index (Phi) is 4.19. The van der Waals surface area contributed by atoms with E-state index in [1.165, 1.54) is 50.8 Å². The molecule has 0 amide bonds. The monoisotopic (exact) mass is 258 g/mol. The second-order valence-electron chi connectivity index (χ2n) is 6.29. The normalized spacial score (nSPS) is 29.1. The molecule has 1 N–H and O–H groups in total. The van der Waals surface area contributed by atoms with Gasteiger partial charge in [0.2, 0.25) is 0 Å². The van der Waals surface area contributed by atoms with E-state index in [9.17, 15) is 0 Å². The van der Waals surface area contributed by atoms with Crippen LogP contribution in [0.25, 0.3) is 0 Å². The SMILES string of the molecule is CC(CCc1ccccc1)N1CCC2CCC(C1)N2. The van der Waals surface area contributed by atoms with Gasteiger partial charge < -0.3 is 5.32 Å². The van der Waals surface area contributed by atoms with Crippen molar-refractivity contribution in [3.05, 3.63) is 35.9 Å². The highest BCUT2D eigenvalue weighted by Gasteiger charge is 2.30. The van der Waals surface area contributed by atoms with Crippen molar-refractivity contribution >= 4 is 0 Å². The number of rotatable bonds is 4. The van der Waals surface area contributed by atoms with Crippen molar-refractivity contribution in [3.8, 4) is 0 Å². The van der Waals surface area contributed by atoms with Crippen molar-refractivity contribution < 1.29 is 0 Å². The molecule has 3 rings (SSSR count). The van der Waals surface area contributed by atoms with Crippen molar-refractivity contribution in [2.75, 3.05) is 13.1 Å². The lowest BCUT2D eigenvalue weighted by molar-refractivity contribution is 0.190. The summed E-state index contributed by atoms with van der Waals surface area (Å²) < 4.78 is 0. The molecule has 1 aromatic carbocycles. The average molecular weight is 258 g/mol. The molecule has 2 aliphatic rings. The van der Waals surface area contributed by atoms with Gasteiger partial charge in [-0.2, -0.15) is 0 Å². The van der Waals surface area contributed by atoms with E-state index in [-0.39, 0.29) is 0 Å². The van der Waals surface area contributed by atoms with Crippen LogP contribution in [-0.4, -0.2) is 36.1 Å². The van der Waals surface area contributed by atoms with Crippen LogP contribution in [0.4, 0.5) is 0 Å². The predicted octanol–water partition coefficient (Wildman–Crippen LogP) is 2.83. The van der Waals surface area contributed by atoms with Crippen LogP contribution >= 0.6 is 0 Å². The van der Waals surface area contributed by atoms with E-state index >= 15 is 0 Å². The lowest BCUT2D eigenvalue weighted by atomic mass is 10.0. The first-order chi connectivity index (χ1) is 9.31. The third-order valence-electron chi connectivity index (χ3n) is 4.87. The van der Waals surface area contributed by atoms with Gasteiger partial charge in [0, 0.05) is 24.7 Å². The Bertz CT molecular complexity index is 390. The number of nitrogens with one attached hydrogen (secondary N) is 1. The number of fused-ring (bicyclic) bond motifs is 2. The van der Waals surface area contributed by atoms with Crippen molar-refractivity contribution in [1.29, 1.82) is 0 Å². The second kappa shape index (κ2) is 6.06. The summed E-state index contributed by atoms with van der Waals surface area (Å²) >= 11 is 0. The van der Waals surface area contributed by atoms with E-state index in [2.05, 4.69) is 47.5 Å². The number of benzene rings is 1. The molecule has 0 aliphatic carbocycles. The summed E-state index contributed by atoms with van der Waals surface area (Å²) in [6, 6.07) is 13.2. The summed E-state index contributed by atoms with van der Waals surface area (Å²) in [5.41, 5.74) is 1.48. The topological polar surface area (TPSA) is 15.3 Å². The molecule has 2 bridgehead atoms. The van der Waals surface area contributed by atoms with E-state index in [1.807, 2.05) is 0 Å². The van der Waals surface area contributed by atoms with Crippen LogP contribution in [0.15, 0.2) is 30.3 Å². The summed E-state index contributed by atoms with van der Waals surface area (Å²) in [5.74, 6) is 0. The number of hydrogen-bond donors (Lipinski definition) is 1. The van der Waals surface area contributed by atoms with Gasteiger partial charge in [-0.05, 0) is 51.1 Å². The van der Waals surface area contributed by atoms with E-state index < -0.39 is 0 Å². The Morgan fingerprint density at radius 3 is 2.79 bits per heavy atom. The molecule has 3 atom stereocenters. The molecule has 0 radical (unpaired) electrons. The van der Waals surface area contributed by atoms with Gasteiger partial charge in [-0.3, -0.25) is 4.90 Å². The zero-order valence-electron chi connectivity index (χ0n) is 12.0. The van der Waals surface area contributed by atoms with Gasteiger partial charge in [0.05, 0.1) is 0 Å². The standard InChI is InChI=1S/C17H26N2/c1-14(7-8-15-5-3-2-4-6-15)19-12-11-16-9-10-17(13-19)18-16/h2-6,14,16-18H,7-13H2,1H3. The Morgan fingerprint density at radius 1 is 1.16 bits per heavy atom. The third-order valence-corrected chi connectivity index (χ3v) is 4.87. The fourth-order valence-electron chi connectivity index (χ4n) is 3.57. The van der Waals surface area contributed by atoms with Gasteiger partial charge in [-0.15, -0.1) is 0 Å². The largest absolute Gasteiger partial charge is 0.310 e. The van der Waals surface area contributed by atoms with Crippen molar-refractivity contribution in [2.24, 2.45) is 0 Å². The molecule has 2 heterocycles. The first kappa shape index (κ1) is 13.1. The molecule has 2 aliphatic heterocycles. The lowest BCUT2D eigenvalue weighted by Crippen LogP contribution is -2.40. The van der Waals surface area contributed by atoms with Crippen LogP contribution in [-0.2, 0) is 6.42 Å². The molecule has 2 fully saturated rings. The highest BCUT2D eigenvalue weighted by Crippen LogP contribution is 2.22. The minimum absolute atomic E-state index is 0.710. The lowest BCUT2D eigenvalue weighted by Gasteiger charge is -2.30. The molecule has 2 nitrogen and oxygen atoms in total. The molecule has 0 spiro atoms. The first-order valence-corrected chi connectivity index (χ1v) is 7.85. The van der Waals surface area contributed by atoms with Crippen molar-refractivity contribution in [3.63, 3.8) is 0 Å². The van der Waals surface area contributed by atoms with Crippen LogP contribution in [0.3, 0.4) is 0 Å². The summed E-state index contributed by atoms with van der Waals surface area (Å²) in [6.07, 6.45) is 6.61. The minimum atomic E-state index is 0.710. The van der Waals surface area contributed by atoms with E-state index in [0.717, 1.165) is 12.1 Å². The predicted molar refractivity (Wildman–Crippen MR) is 80.4 cm³/mol. The van der Waals surface area contributed by atoms with Gasteiger partial charge in [-0.25, -0.2) is 0 Å². The molecule has 2 heteroatoms. The maximum absolute atomic E-state index is 3.77. The quantitative estimate of drug-likeness (QED) is 0.893. The fraction of sp³-hybridized carbons (Fsp3) is 0.647. The van der Waals surface area contributed by atoms with Crippen molar-refractivity contribution in [2.45, 2.75) is 57.2 Å². The van der Waals surface area contributed by atoms with Crippen LogP contribution in [0, 0.1) is 0 Å². The van der Waals surface area contributed by atoms with Gasteiger partial charge in [0.15, 0.2) is 0 Å². The molecular formula is C17H26N2. The number of aryl methyl sites for hydroxylation is 1. The number of nitrogens with zero attached hydrogens (tertiary/aromatic N) is 1. The maximum atomic E-state index is 3.77. The summed E-state index contributed by atoms with van der Waals surface area (Å²) in [5, 5.41) is 3.77. The third kappa shape index (κ3) is 3.37. The summed E-state index contributed by atoms with van der Waals surface area (Å²) in [7, 11) is 0. The zero-order valence-corrected chi connectivity index (χ0v) is 12.0. The molecular weight excluding hydrogens is 232 g/mol. The molecule has 3 unspecified atom stereocenters. The maximum Gasteiger partial charge on any atom is 0.0198 e. The van der Waals surface area contributed by atoms with Gasteiger partial charge >= 0.3 is 0 Å². The van der Waals surface area contributed by atoms with Crippen LogP contribution < -0.4 is 5.32 Å². The fourth-order valence-corrected chi connectivity index (χ4v) is 3.57. The first-order valence-electron chi connectivity index (χ1n) is 7.85. The van der Waals surface area contributed by atoms with E-state index in [1.54, 1.807) is 0 Å². The van der Waals surface area contributed by atoms with Crippen LogP contribution in [0.1, 0.15) is 38.2 Å². The smallest absolute Gasteiger partial charge is 0.0198 e. The Hall–Kier alpha value is -0.860. The Morgan fingerprint density at radius 2 is 1.95 bits per heavy atom.